The number of ether oxygens (including phenoxy) is 1. The number of nitrogens with one attached hydrogen (secondary N) is 1. The van der Waals surface area contributed by atoms with Crippen LogP contribution in [0.15, 0.2) is 30.3 Å². The van der Waals surface area contributed by atoms with Crippen molar-refractivity contribution in [1.29, 1.82) is 0 Å². The first-order valence-corrected chi connectivity index (χ1v) is 4.92. The van der Waals surface area contributed by atoms with E-state index in [0.29, 0.717) is 5.69 Å². The first kappa shape index (κ1) is 12.8. The van der Waals surface area contributed by atoms with E-state index in [2.05, 4.69) is 4.74 Å². The molecule has 6 heteroatoms. The number of likely N-dealkylation sites (N-methyl/N-ethyl adjacent to an activating group) is 1. The number of anilines is 1. The van der Waals surface area contributed by atoms with E-state index in [1.807, 2.05) is 6.07 Å². The minimum absolute atomic E-state index is 0.606. The van der Waals surface area contributed by atoms with Gasteiger partial charge in [0.05, 0.1) is 7.11 Å². The highest BCUT2D eigenvalue weighted by molar-refractivity contribution is 6.07. The summed E-state index contributed by atoms with van der Waals surface area (Å²) in [6.45, 7) is 0. The van der Waals surface area contributed by atoms with Crippen LogP contribution in [-0.4, -0.2) is 32.1 Å². The van der Waals surface area contributed by atoms with Crippen LogP contribution in [0.3, 0.4) is 0 Å². The maximum absolute atomic E-state index is 11.9. The van der Waals surface area contributed by atoms with Gasteiger partial charge in [0.1, 0.15) is 0 Å². The van der Waals surface area contributed by atoms with Crippen molar-refractivity contribution in [2.24, 2.45) is 0 Å². The average Bonchev–Trinajstić information content (AvgIpc) is 2.39. The lowest BCUT2D eigenvalue weighted by Gasteiger charge is -2.18. The number of carbonyl (C=O) groups is 2. The molecule has 1 aromatic rings. The molecule has 0 spiro atoms. The maximum Gasteiger partial charge on any atom is 0.384 e. The van der Waals surface area contributed by atoms with E-state index < -0.39 is 17.9 Å². The van der Waals surface area contributed by atoms with Gasteiger partial charge in [0.2, 0.25) is 0 Å². The molecule has 90 valence electrons. The monoisotopic (exact) mass is 235 g/mol. The summed E-state index contributed by atoms with van der Waals surface area (Å²) in [4.78, 5) is 24.4. The third-order valence-corrected chi connectivity index (χ3v) is 2.29. The molecule has 0 aliphatic heterocycles. The molecule has 0 aromatic heterocycles. The summed E-state index contributed by atoms with van der Waals surface area (Å²) in [5, 5.41) is 1.64. The van der Waals surface area contributed by atoms with Crippen molar-refractivity contribution in [3.05, 3.63) is 35.9 Å². The van der Waals surface area contributed by atoms with Crippen molar-refractivity contribution in [3.8, 4) is 0 Å². The highest BCUT2D eigenvalue weighted by Gasteiger charge is 2.33. The van der Waals surface area contributed by atoms with Crippen molar-refractivity contribution in [1.82, 2.24) is 0 Å². The number of hydrogen-bond donors (Lipinski definition) is 1. The van der Waals surface area contributed by atoms with E-state index in [9.17, 15) is 9.59 Å². The zero-order chi connectivity index (χ0) is 12.8. The van der Waals surface area contributed by atoms with Crippen LogP contribution < -0.4 is 10.0 Å². The second-order valence-corrected chi connectivity index (χ2v) is 3.32. The molecule has 0 saturated heterocycles. The van der Waals surface area contributed by atoms with Gasteiger partial charge in [-0.15, -0.1) is 0 Å². The molecule has 0 heterocycles. The Bertz CT molecular complexity index is 419. The lowest BCUT2D eigenvalue weighted by atomic mass is 10.2. The van der Waals surface area contributed by atoms with Gasteiger partial charge < -0.3 is 20.3 Å². The van der Waals surface area contributed by atoms with Crippen LogP contribution in [-0.2, 0) is 14.3 Å². The van der Waals surface area contributed by atoms with Gasteiger partial charge in [-0.1, -0.05) is 18.2 Å². The largest absolute Gasteiger partial charge is 0.507 e. The number of nitrogens with zero attached hydrogens (tertiary/aromatic N) is 2. The summed E-state index contributed by atoms with van der Waals surface area (Å²) in [7, 11) is 2.65. The summed E-state index contributed by atoms with van der Waals surface area (Å²) in [5.41, 5.74) is 9.41. The zero-order valence-electron chi connectivity index (χ0n) is 9.58. The van der Waals surface area contributed by atoms with Crippen molar-refractivity contribution in [2.75, 3.05) is 19.1 Å². The fourth-order valence-electron chi connectivity index (χ4n) is 1.30. The number of para-hydroxylation sites is 1. The van der Waals surface area contributed by atoms with Crippen LogP contribution in [0.2, 0.25) is 0 Å². The minimum atomic E-state index is -1.43. The van der Waals surface area contributed by atoms with Crippen LogP contribution in [0, 0.1) is 0 Å². The quantitative estimate of drug-likeness (QED) is 0.425. The van der Waals surface area contributed by atoms with E-state index in [1.165, 1.54) is 11.9 Å². The highest BCUT2D eigenvalue weighted by Crippen LogP contribution is 2.11. The number of amides is 1. The summed E-state index contributed by atoms with van der Waals surface area (Å²) in [6, 6.07) is 7.33. The molecule has 1 unspecified atom stereocenters. The fourth-order valence-corrected chi connectivity index (χ4v) is 1.30. The third kappa shape index (κ3) is 2.87. The van der Waals surface area contributed by atoms with E-state index >= 15 is 0 Å². The zero-order valence-corrected chi connectivity index (χ0v) is 9.58. The Labute approximate surface area is 98.7 Å². The Morgan fingerprint density at radius 1 is 1.35 bits per heavy atom. The molecule has 1 N–H and O–H groups in total. The Morgan fingerprint density at radius 2 is 1.94 bits per heavy atom. The molecule has 17 heavy (non-hydrogen) atoms. The van der Waals surface area contributed by atoms with Gasteiger partial charge in [-0.05, 0) is 12.1 Å². The predicted molar refractivity (Wildman–Crippen MR) is 60.0 cm³/mol. The topological polar surface area (TPSA) is 82.9 Å². The lowest BCUT2D eigenvalue weighted by Crippen LogP contribution is -2.79. The van der Waals surface area contributed by atoms with Crippen LogP contribution >= 0.6 is 0 Å². The molecule has 1 aromatic carbocycles. The van der Waals surface area contributed by atoms with Gasteiger partial charge in [-0.2, -0.15) is 0 Å². The fraction of sp³-hybridized carbons (Fsp3) is 0.273. The van der Waals surface area contributed by atoms with E-state index in [-0.39, 0.29) is 0 Å². The summed E-state index contributed by atoms with van der Waals surface area (Å²) in [6.07, 6.45) is 0. The van der Waals surface area contributed by atoms with Crippen LogP contribution in [0.5, 0.6) is 0 Å². The SMILES string of the molecule is COC(=O)C([NH+]=[N-])C(=O)N(C)c1ccccc1. The van der Waals surface area contributed by atoms with Gasteiger partial charge in [-0.25, -0.2) is 4.79 Å². The Morgan fingerprint density at radius 3 is 2.41 bits per heavy atom. The highest BCUT2D eigenvalue weighted by atomic mass is 16.5. The summed E-state index contributed by atoms with van der Waals surface area (Å²) < 4.78 is 4.40. The smallest absolute Gasteiger partial charge is 0.384 e. The van der Waals surface area contributed by atoms with Crippen LogP contribution in [0.25, 0.3) is 5.53 Å². The Kier molecular flexibility index (Phi) is 4.33. The third-order valence-electron chi connectivity index (χ3n) is 2.29. The molecular weight excluding hydrogens is 222 g/mol. The van der Waals surface area contributed by atoms with Crippen molar-refractivity contribution >= 4 is 17.6 Å². The van der Waals surface area contributed by atoms with Gasteiger partial charge >= 0.3 is 17.9 Å². The number of rotatable bonds is 4. The molecule has 0 aliphatic carbocycles. The minimum Gasteiger partial charge on any atom is -0.507 e. The molecular formula is C11H13N3O3. The summed E-state index contributed by atoms with van der Waals surface area (Å²) >= 11 is 0. The molecule has 1 atom stereocenters. The van der Waals surface area contributed by atoms with Gasteiger partial charge in [0.25, 0.3) is 0 Å². The maximum atomic E-state index is 11.9. The molecule has 1 rings (SSSR count). The Hall–Kier alpha value is -2.24. The standard InChI is InChI=1S/C11H13N3O3/c1-14(8-6-4-3-5-7-8)10(15)9(13-12)11(16)17-2/h3-7,9,13H,1-2H3. The first-order chi connectivity index (χ1) is 8.11. The van der Waals surface area contributed by atoms with E-state index in [0.717, 1.165) is 7.11 Å². The van der Waals surface area contributed by atoms with Gasteiger partial charge in [0.15, 0.2) is 0 Å². The van der Waals surface area contributed by atoms with Crippen molar-refractivity contribution in [2.45, 2.75) is 6.04 Å². The molecule has 0 bridgehead atoms. The molecule has 0 radical (unpaired) electrons. The molecule has 1 amide bonds. The van der Waals surface area contributed by atoms with Crippen LogP contribution in [0.4, 0.5) is 5.69 Å². The number of benzene rings is 1. The first-order valence-electron chi connectivity index (χ1n) is 4.92. The molecule has 0 fully saturated rings. The number of hydrogen-bond acceptors (Lipinski definition) is 3. The van der Waals surface area contributed by atoms with Crippen molar-refractivity contribution in [3.63, 3.8) is 0 Å². The number of esters is 1. The van der Waals surface area contributed by atoms with Crippen LogP contribution in [0.1, 0.15) is 0 Å². The normalized spacial score (nSPS) is 11.4. The van der Waals surface area contributed by atoms with E-state index in [4.69, 9.17) is 5.53 Å². The van der Waals surface area contributed by atoms with E-state index in [1.54, 1.807) is 29.4 Å². The molecule has 0 saturated carbocycles. The summed E-state index contributed by atoms with van der Waals surface area (Å²) in [5.74, 6) is -1.45. The second-order valence-electron chi connectivity index (χ2n) is 3.32. The number of methoxy groups -OCH3 is 1. The van der Waals surface area contributed by atoms with Gasteiger partial charge in [-0.3, -0.25) is 4.79 Å². The predicted octanol–water partition coefficient (Wildman–Crippen LogP) is -0.707. The molecule has 0 aliphatic rings. The average molecular weight is 235 g/mol. The number of carbonyl (C=O) groups excluding carboxylic acids is 2. The molecule has 6 nitrogen and oxygen atoms in total. The second kappa shape index (κ2) is 5.74. The lowest BCUT2D eigenvalue weighted by molar-refractivity contribution is -0.497. The Balaban J connectivity index is 2.89. The van der Waals surface area contributed by atoms with Crippen molar-refractivity contribution < 1.29 is 19.4 Å². The van der Waals surface area contributed by atoms with Gasteiger partial charge in [0, 0.05) is 12.7 Å².